The molecule has 0 unspecified atom stereocenters. The lowest BCUT2D eigenvalue weighted by atomic mass is 10.2. The van der Waals surface area contributed by atoms with Crippen LogP contribution in [0, 0.1) is 0 Å². The van der Waals surface area contributed by atoms with Crippen LogP contribution in [0.25, 0.3) is 0 Å². The number of para-hydroxylation sites is 2. The van der Waals surface area contributed by atoms with E-state index < -0.39 is 0 Å². The van der Waals surface area contributed by atoms with Gasteiger partial charge in [-0.2, -0.15) is 0 Å². The molecule has 3 rings (SSSR count). The molecule has 0 bridgehead atoms. The van der Waals surface area contributed by atoms with E-state index in [-0.39, 0.29) is 5.91 Å². The van der Waals surface area contributed by atoms with Crippen molar-refractivity contribution in [1.29, 1.82) is 0 Å². The smallest absolute Gasteiger partial charge is 0.268 e. The zero-order valence-corrected chi connectivity index (χ0v) is 11.0. The fourth-order valence-corrected chi connectivity index (χ4v) is 2.93. The molecule has 2 aromatic rings. The summed E-state index contributed by atoms with van der Waals surface area (Å²) >= 11 is 7.16. The number of thiophene rings is 1. The first-order chi connectivity index (χ1) is 8.75. The lowest BCUT2D eigenvalue weighted by Gasteiger charge is -2.29. The van der Waals surface area contributed by atoms with Crippen molar-refractivity contribution in [1.82, 2.24) is 0 Å². The van der Waals surface area contributed by atoms with Gasteiger partial charge in [-0.1, -0.05) is 23.7 Å². The maximum Gasteiger partial charge on any atom is 0.268 e. The second-order valence-corrected chi connectivity index (χ2v) is 5.59. The van der Waals surface area contributed by atoms with Crippen LogP contribution in [0.4, 0.5) is 5.69 Å². The van der Waals surface area contributed by atoms with Crippen LogP contribution in [-0.4, -0.2) is 19.1 Å². The molecule has 0 aliphatic carbocycles. The molecule has 0 spiro atoms. The Balaban J connectivity index is 1.96. The molecule has 3 nitrogen and oxygen atoms in total. The average molecular weight is 280 g/mol. The third-order valence-corrected chi connectivity index (χ3v) is 3.98. The number of hydrogen-bond acceptors (Lipinski definition) is 3. The zero-order valence-electron chi connectivity index (χ0n) is 9.43. The molecular weight excluding hydrogens is 270 g/mol. The fourth-order valence-electron chi connectivity index (χ4n) is 1.94. The third kappa shape index (κ3) is 1.98. The van der Waals surface area contributed by atoms with Gasteiger partial charge in [-0.25, -0.2) is 0 Å². The number of carbonyl (C=O) groups is 1. The fraction of sp³-hybridized carbons (Fsp3) is 0.154. The van der Waals surface area contributed by atoms with Crippen LogP contribution < -0.4 is 9.64 Å². The Bertz CT molecular complexity index is 596. The summed E-state index contributed by atoms with van der Waals surface area (Å²) in [7, 11) is 0. The highest BCUT2D eigenvalue weighted by molar-refractivity contribution is 7.18. The average Bonchev–Trinajstić information content (AvgIpc) is 2.84. The summed E-state index contributed by atoms with van der Waals surface area (Å²) in [5, 5.41) is 0. The van der Waals surface area contributed by atoms with Crippen LogP contribution in [0.1, 0.15) is 9.67 Å². The summed E-state index contributed by atoms with van der Waals surface area (Å²) in [6, 6.07) is 11.1. The number of amides is 1. The first kappa shape index (κ1) is 11.6. The number of anilines is 1. The molecule has 0 saturated heterocycles. The highest BCUT2D eigenvalue weighted by atomic mass is 35.5. The van der Waals surface area contributed by atoms with Crippen molar-refractivity contribution in [2.75, 3.05) is 18.1 Å². The van der Waals surface area contributed by atoms with Gasteiger partial charge in [0, 0.05) is 0 Å². The lowest BCUT2D eigenvalue weighted by molar-refractivity contribution is 0.0980. The van der Waals surface area contributed by atoms with E-state index in [2.05, 4.69) is 0 Å². The Morgan fingerprint density at radius 2 is 2.11 bits per heavy atom. The number of hydrogen-bond donors (Lipinski definition) is 0. The Morgan fingerprint density at radius 1 is 1.28 bits per heavy atom. The van der Waals surface area contributed by atoms with Gasteiger partial charge in [0.25, 0.3) is 5.91 Å². The molecule has 5 heteroatoms. The van der Waals surface area contributed by atoms with Gasteiger partial charge >= 0.3 is 0 Å². The number of nitrogens with zero attached hydrogens (tertiary/aromatic N) is 1. The van der Waals surface area contributed by atoms with E-state index in [1.165, 1.54) is 11.3 Å². The lowest BCUT2D eigenvalue weighted by Crippen LogP contribution is -2.37. The molecule has 1 aromatic carbocycles. The number of fused-ring (bicyclic) bond motifs is 1. The van der Waals surface area contributed by atoms with Crippen molar-refractivity contribution in [2.24, 2.45) is 0 Å². The summed E-state index contributed by atoms with van der Waals surface area (Å²) in [5.41, 5.74) is 0.818. The molecule has 0 atom stereocenters. The van der Waals surface area contributed by atoms with E-state index in [0.29, 0.717) is 22.4 Å². The van der Waals surface area contributed by atoms with Crippen molar-refractivity contribution in [3.63, 3.8) is 0 Å². The minimum atomic E-state index is -0.0253. The molecule has 1 aromatic heterocycles. The van der Waals surface area contributed by atoms with Crippen molar-refractivity contribution in [2.45, 2.75) is 0 Å². The first-order valence-electron chi connectivity index (χ1n) is 5.55. The molecule has 1 aliphatic heterocycles. The van der Waals surface area contributed by atoms with Gasteiger partial charge in [0.05, 0.1) is 21.4 Å². The number of benzene rings is 1. The highest BCUT2D eigenvalue weighted by Gasteiger charge is 2.25. The van der Waals surface area contributed by atoms with Gasteiger partial charge < -0.3 is 9.64 Å². The van der Waals surface area contributed by atoms with Crippen molar-refractivity contribution < 1.29 is 9.53 Å². The van der Waals surface area contributed by atoms with E-state index in [0.717, 1.165) is 11.4 Å². The van der Waals surface area contributed by atoms with Gasteiger partial charge in [-0.15, -0.1) is 11.3 Å². The van der Waals surface area contributed by atoms with Crippen molar-refractivity contribution in [3.8, 4) is 5.75 Å². The van der Waals surface area contributed by atoms with E-state index in [1.807, 2.05) is 24.3 Å². The Kier molecular flexibility index (Phi) is 2.97. The molecule has 2 heterocycles. The second-order valence-electron chi connectivity index (χ2n) is 3.88. The number of halogens is 1. The molecule has 0 radical (unpaired) electrons. The number of carbonyl (C=O) groups excluding carboxylic acids is 1. The Labute approximate surface area is 114 Å². The third-order valence-electron chi connectivity index (χ3n) is 2.76. The predicted molar refractivity (Wildman–Crippen MR) is 72.9 cm³/mol. The Hall–Kier alpha value is -1.52. The monoisotopic (exact) mass is 279 g/mol. The molecule has 1 amide bonds. The van der Waals surface area contributed by atoms with Crippen LogP contribution >= 0.6 is 22.9 Å². The molecule has 0 N–H and O–H groups in total. The van der Waals surface area contributed by atoms with Crippen LogP contribution in [0.5, 0.6) is 5.75 Å². The number of rotatable bonds is 1. The van der Waals surface area contributed by atoms with E-state index >= 15 is 0 Å². The quantitative estimate of drug-likeness (QED) is 0.800. The van der Waals surface area contributed by atoms with Crippen LogP contribution in [0.3, 0.4) is 0 Å². The highest BCUT2D eigenvalue weighted by Crippen LogP contribution is 2.33. The minimum absolute atomic E-state index is 0.0253. The molecule has 0 saturated carbocycles. The second kappa shape index (κ2) is 4.63. The predicted octanol–water partition coefficient (Wildman–Crippen LogP) is 3.44. The minimum Gasteiger partial charge on any atom is -0.490 e. The summed E-state index contributed by atoms with van der Waals surface area (Å²) in [6.45, 7) is 1.08. The molecule has 1 aliphatic rings. The van der Waals surface area contributed by atoms with Gasteiger partial charge in [0.2, 0.25) is 0 Å². The van der Waals surface area contributed by atoms with Gasteiger partial charge in [-0.05, 0) is 24.3 Å². The summed E-state index contributed by atoms with van der Waals surface area (Å²) < 4.78 is 6.15. The Morgan fingerprint density at radius 3 is 2.89 bits per heavy atom. The standard InChI is InChI=1S/C13H10ClNO2S/c14-12-6-5-11(18-12)13(16)15-7-8-17-10-4-2-1-3-9(10)15/h1-6H,7-8H2. The maximum absolute atomic E-state index is 12.4. The van der Waals surface area contributed by atoms with Gasteiger partial charge in [0.1, 0.15) is 12.4 Å². The van der Waals surface area contributed by atoms with Crippen molar-refractivity contribution >= 4 is 34.5 Å². The van der Waals surface area contributed by atoms with Crippen LogP contribution in [0.2, 0.25) is 4.34 Å². The molecule has 0 fully saturated rings. The normalized spacial score (nSPS) is 13.9. The van der Waals surface area contributed by atoms with Crippen LogP contribution in [-0.2, 0) is 0 Å². The first-order valence-corrected chi connectivity index (χ1v) is 6.74. The topological polar surface area (TPSA) is 29.5 Å². The summed E-state index contributed by atoms with van der Waals surface area (Å²) in [4.78, 5) is 14.8. The van der Waals surface area contributed by atoms with Crippen LogP contribution in [0.15, 0.2) is 36.4 Å². The van der Waals surface area contributed by atoms with Gasteiger partial charge in [-0.3, -0.25) is 4.79 Å². The molecule has 92 valence electrons. The zero-order chi connectivity index (χ0) is 12.5. The van der Waals surface area contributed by atoms with E-state index in [1.54, 1.807) is 17.0 Å². The molecular formula is C13H10ClNO2S. The van der Waals surface area contributed by atoms with Gasteiger partial charge in [0.15, 0.2) is 0 Å². The summed E-state index contributed by atoms with van der Waals surface area (Å²) in [6.07, 6.45) is 0. The number of ether oxygens (including phenoxy) is 1. The van der Waals surface area contributed by atoms with E-state index in [4.69, 9.17) is 16.3 Å². The summed E-state index contributed by atoms with van der Waals surface area (Å²) in [5.74, 6) is 0.724. The maximum atomic E-state index is 12.4. The molecule has 18 heavy (non-hydrogen) atoms. The SMILES string of the molecule is O=C(c1ccc(Cl)s1)N1CCOc2ccccc21. The van der Waals surface area contributed by atoms with Crippen molar-refractivity contribution in [3.05, 3.63) is 45.6 Å². The van der Waals surface area contributed by atoms with E-state index in [9.17, 15) is 4.79 Å². The largest absolute Gasteiger partial charge is 0.490 e.